The fourth-order valence-electron chi connectivity index (χ4n) is 5.59. The van der Waals surface area contributed by atoms with Crippen molar-refractivity contribution in [3.63, 3.8) is 0 Å². The van der Waals surface area contributed by atoms with Crippen LogP contribution in [0.2, 0.25) is 0 Å². The highest BCUT2D eigenvalue weighted by Gasteiger charge is 2.41. The normalized spacial score (nSPS) is 24.6. The molecule has 2 heterocycles. The van der Waals surface area contributed by atoms with Gasteiger partial charge in [-0.15, -0.1) is 0 Å². The van der Waals surface area contributed by atoms with Crippen LogP contribution in [0.5, 0.6) is 0 Å². The number of nitrogens with zero attached hydrogens (tertiary/aromatic N) is 1. The van der Waals surface area contributed by atoms with Crippen LogP contribution in [0.1, 0.15) is 70.2 Å². The van der Waals surface area contributed by atoms with E-state index in [1.54, 1.807) is 26.0 Å². The Balaban J connectivity index is 2.09. The van der Waals surface area contributed by atoms with E-state index in [0.29, 0.717) is 12.8 Å². The minimum absolute atomic E-state index is 0.0435. The molecule has 46 heavy (non-hydrogen) atoms. The molecule has 15 heteroatoms. The standard InChI is InChI=1S/C31H42N6O9/c1-16(2)12-20-27(42)33-21(13-24(39)18-8-5-6-9-19(18)32-15-38)28(43)35-22(14-25(40)41)31(46)37-11-7-10-23(37)29(44)36-26(17(3)4)30(45)34-20/h5-6,8-9,15-17,20-23,26H,7,10-14H2,1-4H3,(H,32,38)(H,33,42)(H,34,45)(H,35,43)(H,36,44)(H,40,41)/t20-,21+,22+,23-,26+/m1/s1. The number of hydrogen-bond donors (Lipinski definition) is 6. The molecule has 2 aliphatic rings. The van der Waals surface area contributed by atoms with Crippen molar-refractivity contribution >= 4 is 53.4 Å². The fourth-order valence-corrected chi connectivity index (χ4v) is 5.59. The zero-order chi connectivity index (χ0) is 34.1. The minimum Gasteiger partial charge on any atom is -0.481 e. The van der Waals surface area contributed by atoms with E-state index < -0.39 is 90.3 Å². The van der Waals surface area contributed by atoms with Gasteiger partial charge in [0.05, 0.1) is 12.1 Å². The first-order chi connectivity index (χ1) is 21.7. The number of nitrogens with one attached hydrogen (secondary N) is 5. The number of para-hydroxylation sites is 1. The van der Waals surface area contributed by atoms with E-state index in [1.807, 2.05) is 13.8 Å². The van der Waals surface area contributed by atoms with Crippen LogP contribution in [-0.4, -0.2) is 94.5 Å². The SMILES string of the molecule is CC(C)C[C@H]1NC(=O)[C@H](C(C)C)NC(=O)[C@H]2CCCN2C(=O)[C@H](CC(=O)O)NC(=O)[C@H](CC(=O)c2ccccc2NC=O)NC1=O. The van der Waals surface area contributed by atoms with Crippen molar-refractivity contribution in [3.05, 3.63) is 29.8 Å². The number of fused-ring (bicyclic) bond motifs is 1. The third kappa shape index (κ3) is 9.11. The number of anilines is 1. The third-order valence-corrected chi connectivity index (χ3v) is 7.88. The van der Waals surface area contributed by atoms with Crippen molar-refractivity contribution in [1.82, 2.24) is 26.2 Å². The predicted octanol–water partition coefficient (Wildman–Crippen LogP) is -0.0517. The summed E-state index contributed by atoms with van der Waals surface area (Å²) >= 11 is 0. The number of Topliss-reactive ketones (excluding diaryl/α,β-unsaturated/α-hetero) is 1. The Kier molecular flexibility index (Phi) is 12.4. The summed E-state index contributed by atoms with van der Waals surface area (Å²) in [6, 6.07) is -0.503. The van der Waals surface area contributed by atoms with Crippen LogP contribution < -0.4 is 26.6 Å². The van der Waals surface area contributed by atoms with Gasteiger partial charge in [-0.2, -0.15) is 0 Å². The molecule has 0 aromatic heterocycles. The number of carbonyl (C=O) groups is 8. The number of carboxylic acid groups (broad SMARTS) is 1. The first-order valence-corrected chi connectivity index (χ1v) is 15.3. The van der Waals surface area contributed by atoms with E-state index in [4.69, 9.17) is 0 Å². The Morgan fingerprint density at radius 2 is 1.52 bits per heavy atom. The summed E-state index contributed by atoms with van der Waals surface area (Å²) in [4.78, 5) is 105. The van der Waals surface area contributed by atoms with E-state index in [9.17, 15) is 43.5 Å². The zero-order valence-corrected chi connectivity index (χ0v) is 26.3. The maximum atomic E-state index is 13.7. The molecule has 0 aliphatic carbocycles. The second-order valence-electron chi connectivity index (χ2n) is 12.3. The number of rotatable bonds is 10. The topological polar surface area (TPSA) is 220 Å². The molecular weight excluding hydrogens is 600 g/mol. The lowest BCUT2D eigenvalue weighted by molar-refractivity contribution is -0.146. The zero-order valence-electron chi connectivity index (χ0n) is 26.3. The Morgan fingerprint density at radius 1 is 0.891 bits per heavy atom. The molecule has 5 atom stereocenters. The summed E-state index contributed by atoms with van der Waals surface area (Å²) < 4.78 is 0. The van der Waals surface area contributed by atoms with Crippen LogP contribution >= 0.6 is 0 Å². The van der Waals surface area contributed by atoms with Gasteiger partial charge in [0.2, 0.25) is 35.9 Å². The van der Waals surface area contributed by atoms with Crippen LogP contribution in [0.3, 0.4) is 0 Å². The van der Waals surface area contributed by atoms with Gasteiger partial charge in [0.15, 0.2) is 5.78 Å². The third-order valence-electron chi connectivity index (χ3n) is 7.88. The molecule has 6 amide bonds. The average Bonchev–Trinajstić information content (AvgIpc) is 3.48. The fraction of sp³-hybridized carbons (Fsp3) is 0.548. The number of benzene rings is 1. The molecule has 0 unspecified atom stereocenters. The van der Waals surface area contributed by atoms with Crippen molar-refractivity contribution < 1.29 is 43.5 Å². The van der Waals surface area contributed by atoms with Gasteiger partial charge in [-0.25, -0.2) is 0 Å². The van der Waals surface area contributed by atoms with Gasteiger partial charge in [-0.1, -0.05) is 39.8 Å². The summed E-state index contributed by atoms with van der Waals surface area (Å²) in [6.07, 6.45) is -0.275. The van der Waals surface area contributed by atoms with Crippen LogP contribution in [0.25, 0.3) is 0 Å². The van der Waals surface area contributed by atoms with Gasteiger partial charge in [0, 0.05) is 18.5 Å². The number of ketones is 1. The molecule has 0 saturated carbocycles. The molecule has 1 aromatic carbocycles. The van der Waals surface area contributed by atoms with E-state index in [-0.39, 0.29) is 36.6 Å². The van der Waals surface area contributed by atoms with Crippen molar-refractivity contribution in [3.8, 4) is 0 Å². The Morgan fingerprint density at radius 3 is 2.15 bits per heavy atom. The van der Waals surface area contributed by atoms with Crippen LogP contribution in [0.4, 0.5) is 5.69 Å². The van der Waals surface area contributed by atoms with Crippen molar-refractivity contribution in [1.29, 1.82) is 0 Å². The van der Waals surface area contributed by atoms with Gasteiger partial charge < -0.3 is 36.6 Å². The van der Waals surface area contributed by atoms with Crippen LogP contribution in [-0.2, 0) is 33.6 Å². The summed E-state index contributed by atoms with van der Waals surface area (Å²) in [6.45, 7) is 7.16. The first kappa shape index (κ1) is 35.7. The molecule has 2 saturated heterocycles. The highest BCUT2D eigenvalue weighted by Crippen LogP contribution is 2.22. The summed E-state index contributed by atoms with van der Waals surface area (Å²) in [5.74, 6) is -6.51. The van der Waals surface area contributed by atoms with Crippen molar-refractivity contribution in [2.75, 3.05) is 11.9 Å². The lowest BCUT2D eigenvalue weighted by atomic mass is 9.98. The molecule has 1 aromatic rings. The number of carbonyl (C=O) groups excluding carboxylic acids is 7. The molecule has 250 valence electrons. The highest BCUT2D eigenvalue weighted by atomic mass is 16.4. The highest BCUT2D eigenvalue weighted by molar-refractivity contribution is 6.06. The number of carboxylic acids is 1. The Hall–Kier alpha value is -4.82. The van der Waals surface area contributed by atoms with Crippen molar-refractivity contribution in [2.24, 2.45) is 11.8 Å². The molecule has 2 aliphatic heterocycles. The maximum Gasteiger partial charge on any atom is 0.305 e. The van der Waals surface area contributed by atoms with Crippen LogP contribution in [0, 0.1) is 11.8 Å². The Bertz CT molecular complexity index is 1360. The smallest absolute Gasteiger partial charge is 0.305 e. The van der Waals surface area contributed by atoms with Gasteiger partial charge in [-0.3, -0.25) is 38.4 Å². The lowest BCUT2D eigenvalue weighted by Crippen LogP contribution is -2.59. The molecule has 0 spiro atoms. The number of hydrogen-bond acceptors (Lipinski definition) is 8. The van der Waals surface area contributed by atoms with E-state index in [0.717, 1.165) is 0 Å². The first-order valence-electron chi connectivity index (χ1n) is 15.3. The monoisotopic (exact) mass is 642 g/mol. The van der Waals surface area contributed by atoms with Crippen molar-refractivity contribution in [2.45, 2.75) is 90.0 Å². The summed E-state index contributed by atoms with van der Waals surface area (Å²) in [5.41, 5.74) is 0.203. The number of aliphatic carboxylic acids is 1. The molecular formula is C31H42N6O9. The van der Waals surface area contributed by atoms with Gasteiger partial charge in [-0.05, 0) is 43.2 Å². The molecule has 15 nitrogen and oxygen atoms in total. The van der Waals surface area contributed by atoms with Crippen LogP contribution in [0.15, 0.2) is 24.3 Å². The second-order valence-corrected chi connectivity index (χ2v) is 12.3. The molecule has 0 bridgehead atoms. The largest absolute Gasteiger partial charge is 0.481 e. The molecule has 0 radical (unpaired) electrons. The quantitative estimate of drug-likeness (QED) is 0.149. The van der Waals surface area contributed by atoms with E-state index in [1.165, 1.54) is 17.0 Å². The number of amides is 6. The van der Waals surface area contributed by atoms with Gasteiger partial charge >= 0.3 is 5.97 Å². The van der Waals surface area contributed by atoms with E-state index >= 15 is 0 Å². The average molecular weight is 643 g/mol. The predicted molar refractivity (Wildman–Crippen MR) is 164 cm³/mol. The van der Waals surface area contributed by atoms with Gasteiger partial charge in [0.25, 0.3) is 0 Å². The molecule has 6 N–H and O–H groups in total. The summed E-state index contributed by atoms with van der Waals surface area (Å²) in [7, 11) is 0. The molecule has 2 fully saturated rings. The molecule has 3 rings (SSSR count). The van der Waals surface area contributed by atoms with E-state index in [2.05, 4.69) is 26.6 Å². The maximum absolute atomic E-state index is 13.7. The minimum atomic E-state index is -1.63. The van der Waals surface area contributed by atoms with Gasteiger partial charge in [0.1, 0.15) is 30.2 Å². The Labute approximate surface area is 266 Å². The lowest BCUT2D eigenvalue weighted by Gasteiger charge is -2.30. The second kappa shape index (κ2) is 16.0. The summed E-state index contributed by atoms with van der Waals surface area (Å²) in [5, 5.41) is 22.3.